The fourth-order valence-corrected chi connectivity index (χ4v) is 3.53. The van der Waals surface area contributed by atoms with Gasteiger partial charge in [0.2, 0.25) is 0 Å². The standard InChI is InChI=1S/C12H10Br2N2OS/c1-16(9-5-3-2-4-8(9)15)12(17)10-6-7(13)11(14)18-10/h2-6H,15H2,1H3. The summed E-state index contributed by atoms with van der Waals surface area (Å²) >= 11 is 8.14. The molecule has 0 fully saturated rings. The largest absolute Gasteiger partial charge is 0.397 e. The minimum atomic E-state index is -0.0794. The van der Waals surface area contributed by atoms with Gasteiger partial charge in [0.15, 0.2) is 0 Å². The van der Waals surface area contributed by atoms with Gasteiger partial charge in [0.25, 0.3) is 5.91 Å². The number of benzene rings is 1. The molecule has 0 spiro atoms. The molecule has 3 nitrogen and oxygen atoms in total. The minimum absolute atomic E-state index is 0.0794. The van der Waals surface area contributed by atoms with Crippen molar-refractivity contribution in [1.29, 1.82) is 0 Å². The van der Waals surface area contributed by atoms with E-state index in [0.29, 0.717) is 16.3 Å². The van der Waals surface area contributed by atoms with E-state index in [2.05, 4.69) is 31.9 Å². The van der Waals surface area contributed by atoms with E-state index in [1.165, 1.54) is 11.3 Å². The first-order valence-corrected chi connectivity index (χ1v) is 7.48. The smallest absolute Gasteiger partial charge is 0.268 e. The fourth-order valence-electron chi connectivity index (χ4n) is 1.52. The van der Waals surface area contributed by atoms with E-state index >= 15 is 0 Å². The van der Waals surface area contributed by atoms with Gasteiger partial charge in [-0.1, -0.05) is 12.1 Å². The molecule has 2 aromatic rings. The molecular weight excluding hydrogens is 380 g/mol. The SMILES string of the molecule is CN(C(=O)c1cc(Br)c(Br)s1)c1ccccc1N. The van der Waals surface area contributed by atoms with Crippen LogP contribution in [0.2, 0.25) is 0 Å². The van der Waals surface area contributed by atoms with E-state index in [-0.39, 0.29) is 5.91 Å². The van der Waals surface area contributed by atoms with Gasteiger partial charge in [-0.15, -0.1) is 11.3 Å². The number of hydrogen-bond donors (Lipinski definition) is 1. The molecule has 0 aliphatic rings. The zero-order valence-corrected chi connectivity index (χ0v) is 13.5. The molecule has 6 heteroatoms. The predicted octanol–water partition coefficient (Wildman–Crippen LogP) is 4.13. The minimum Gasteiger partial charge on any atom is -0.397 e. The predicted molar refractivity (Wildman–Crippen MR) is 83.3 cm³/mol. The summed E-state index contributed by atoms with van der Waals surface area (Å²) in [6.45, 7) is 0. The maximum atomic E-state index is 12.3. The first-order chi connectivity index (χ1) is 8.50. The summed E-state index contributed by atoms with van der Waals surface area (Å²) in [6.07, 6.45) is 0. The third-order valence-corrected chi connectivity index (χ3v) is 5.70. The second-order valence-electron chi connectivity index (χ2n) is 3.66. The van der Waals surface area contributed by atoms with E-state index in [1.54, 1.807) is 24.1 Å². The third-order valence-electron chi connectivity index (χ3n) is 2.46. The molecule has 2 N–H and O–H groups in total. The highest BCUT2D eigenvalue weighted by Gasteiger charge is 2.18. The molecule has 0 bridgehead atoms. The second kappa shape index (κ2) is 5.42. The molecule has 1 amide bonds. The van der Waals surface area contributed by atoms with Crippen LogP contribution in [0.5, 0.6) is 0 Å². The number of rotatable bonds is 2. The van der Waals surface area contributed by atoms with Crippen LogP contribution in [0.3, 0.4) is 0 Å². The summed E-state index contributed by atoms with van der Waals surface area (Å²) < 4.78 is 1.78. The Morgan fingerprint density at radius 2 is 2.00 bits per heavy atom. The van der Waals surface area contributed by atoms with Crippen LogP contribution in [-0.4, -0.2) is 13.0 Å². The second-order valence-corrected chi connectivity index (χ2v) is 6.88. The maximum Gasteiger partial charge on any atom is 0.268 e. The highest BCUT2D eigenvalue weighted by molar-refractivity contribution is 9.13. The van der Waals surface area contributed by atoms with Gasteiger partial charge in [-0.3, -0.25) is 4.79 Å². The first-order valence-electron chi connectivity index (χ1n) is 5.08. The average Bonchev–Trinajstić information content (AvgIpc) is 2.68. The number of carbonyl (C=O) groups is 1. The average molecular weight is 390 g/mol. The highest BCUT2D eigenvalue weighted by atomic mass is 79.9. The van der Waals surface area contributed by atoms with E-state index in [4.69, 9.17) is 5.73 Å². The van der Waals surface area contributed by atoms with Crippen molar-refractivity contribution in [3.8, 4) is 0 Å². The number of amides is 1. The van der Waals surface area contributed by atoms with Gasteiger partial charge in [-0.2, -0.15) is 0 Å². The summed E-state index contributed by atoms with van der Waals surface area (Å²) in [7, 11) is 1.72. The molecule has 94 valence electrons. The number of para-hydroxylation sites is 2. The Labute approximate surface area is 126 Å². The summed E-state index contributed by atoms with van der Waals surface area (Å²) in [6, 6.07) is 9.10. The van der Waals surface area contributed by atoms with Gasteiger partial charge in [0.05, 0.1) is 20.0 Å². The Hall–Kier alpha value is -0.850. The number of thiophene rings is 1. The van der Waals surface area contributed by atoms with Gasteiger partial charge in [-0.05, 0) is 50.1 Å². The highest BCUT2D eigenvalue weighted by Crippen LogP contribution is 2.34. The molecule has 1 aromatic carbocycles. The van der Waals surface area contributed by atoms with Gasteiger partial charge < -0.3 is 10.6 Å². The Balaban J connectivity index is 2.32. The van der Waals surface area contributed by atoms with Gasteiger partial charge in [-0.25, -0.2) is 0 Å². The third kappa shape index (κ3) is 2.60. The zero-order chi connectivity index (χ0) is 13.3. The number of nitrogens with two attached hydrogens (primary N) is 1. The van der Waals surface area contributed by atoms with Gasteiger partial charge in [0, 0.05) is 11.5 Å². The van der Waals surface area contributed by atoms with E-state index < -0.39 is 0 Å². The van der Waals surface area contributed by atoms with Crippen molar-refractivity contribution < 1.29 is 4.79 Å². The summed E-state index contributed by atoms with van der Waals surface area (Å²) in [4.78, 5) is 14.5. The Bertz CT molecular complexity index is 578. The molecule has 0 saturated heterocycles. The lowest BCUT2D eigenvalue weighted by Gasteiger charge is -2.18. The van der Waals surface area contributed by atoms with Crippen LogP contribution in [0.1, 0.15) is 9.67 Å². The molecule has 1 heterocycles. The molecule has 1 aromatic heterocycles. The zero-order valence-electron chi connectivity index (χ0n) is 9.48. The Kier molecular flexibility index (Phi) is 4.09. The molecular formula is C12H10Br2N2OS. The molecule has 0 unspecified atom stereocenters. The van der Waals surface area contributed by atoms with Crippen LogP contribution < -0.4 is 10.6 Å². The van der Waals surface area contributed by atoms with Crippen LogP contribution in [0, 0.1) is 0 Å². The van der Waals surface area contributed by atoms with Crippen molar-refractivity contribution in [2.24, 2.45) is 0 Å². The first kappa shape index (κ1) is 13.6. The molecule has 0 radical (unpaired) electrons. The van der Waals surface area contributed by atoms with Crippen LogP contribution >= 0.6 is 43.2 Å². The number of halogens is 2. The van der Waals surface area contributed by atoms with Crippen LogP contribution in [0.25, 0.3) is 0 Å². The quantitative estimate of drug-likeness (QED) is 0.784. The molecule has 0 aliphatic heterocycles. The summed E-state index contributed by atoms with van der Waals surface area (Å²) in [5.41, 5.74) is 7.16. The van der Waals surface area contributed by atoms with Crippen LogP contribution in [0.4, 0.5) is 11.4 Å². The van der Waals surface area contributed by atoms with Crippen LogP contribution in [0.15, 0.2) is 38.6 Å². The molecule has 18 heavy (non-hydrogen) atoms. The monoisotopic (exact) mass is 388 g/mol. The van der Waals surface area contributed by atoms with E-state index in [9.17, 15) is 4.79 Å². The number of carbonyl (C=O) groups excluding carboxylic acids is 1. The van der Waals surface area contributed by atoms with Crippen molar-refractivity contribution >= 4 is 60.5 Å². The van der Waals surface area contributed by atoms with Crippen molar-refractivity contribution in [3.05, 3.63) is 43.5 Å². The number of anilines is 2. The van der Waals surface area contributed by atoms with Crippen molar-refractivity contribution in [1.82, 2.24) is 0 Å². The Morgan fingerprint density at radius 1 is 1.33 bits per heavy atom. The lowest BCUT2D eigenvalue weighted by molar-refractivity contribution is 0.0997. The summed E-state index contributed by atoms with van der Waals surface area (Å²) in [5.74, 6) is -0.0794. The molecule has 0 atom stereocenters. The molecule has 0 aliphatic carbocycles. The van der Waals surface area contributed by atoms with Crippen LogP contribution in [-0.2, 0) is 0 Å². The topological polar surface area (TPSA) is 46.3 Å². The van der Waals surface area contributed by atoms with Gasteiger partial charge >= 0.3 is 0 Å². The lowest BCUT2D eigenvalue weighted by Crippen LogP contribution is -2.26. The fraction of sp³-hybridized carbons (Fsp3) is 0.0833. The summed E-state index contributed by atoms with van der Waals surface area (Å²) in [5, 5.41) is 0. The Morgan fingerprint density at radius 3 is 2.56 bits per heavy atom. The molecule has 0 saturated carbocycles. The van der Waals surface area contributed by atoms with Crippen molar-refractivity contribution in [2.75, 3.05) is 17.7 Å². The number of nitrogens with zero attached hydrogens (tertiary/aromatic N) is 1. The van der Waals surface area contributed by atoms with E-state index in [1.807, 2.05) is 18.2 Å². The normalized spacial score (nSPS) is 10.4. The maximum absolute atomic E-state index is 12.3. The molecule has 2 rings (SSSR count). The number of nitrogen functional groups attached to an aromatic ring is 1. The number of hydrogen-bond acceptors (Lipinski definition) is 3. The van der Waals surface area contributed by atoms with Crippen molar-refractivity contribution in [2.45, 2.75) is 0 Å². The van der Waals surface area contributed by atoms with E-state index in [0.717, 1.165) is 8.26 Å². The van der Waals surface area contributed by atoms with Crippen molar-refractivity contribution in [3.63, 3.8) is 0 Å². The lowest BCUT2D eigenvalue weighted by atomic mass is 10.2. The van der Waals surface area contributed by atoms with Gasteiger partial charge in [0.1, 0.15) is 0 Å².